The Morgan fingerprint density at radius 1 is 0.905 bits per heavy atom. The second-order valence-electron chi connectivity index (χ2n) is 11.6. The van der Waals surface area contributed by atoms with Gasteiger partial charge < -0.3 is 4.90 Å². The maximum Gasteiger partial charge on any atom is 0.263 e. The van der Waals surface area contributed by atoms with E-state index >= 15 is 0 Å². The molecule has 0 spiro atoms. The number of rotatable bonds is 6. The number of aryl methyl sites for hydroxylation is 1. The van der Waals surface area contributed by atoms with Gasteiger partial charge in [-0.3, -0.25) is 0 Å². The number of hydrogen-bond acceptors (Lipinski definition) is 5. The molecular weight excluding hydrogens is 589 g/mol. The van der Waals surface area contributed by atoms with Crippen LogP contribution in [0.15, 0.2) is 103 Å². The maximum absolute atomic E-state index is 2.56. The first-order valence-corrected chi connectivity index (χ1v) is 19.3. The first-order valence-electron chi connectivity index (χ1n) is 15.3. The van der Waals surface area contributed by atoms with Crippen molar-refractivity contribution in [1.29, 1.82) is 0 Å². The van der Waals surface area contributed by atoms with E-state index in [1.807, 2.05) is 46.6 Å². The molecule has 3 aromatic rings. The summed E-state index contributed by atoms with van der Waals surface area (Å²) in [6.45, 7) is 6.55. The Labute approximate surface area is 267 Å². The van der Waals surface area contributed by atoms with Gasteiger partial charge in [-0.1, -0.05) is 41.3 Å². The van der Waals surface area contributed by atoms with Crippen LogP contribution in [-0.4, -0.2) is 19.1 Å². The molecule has 1 aliphatic heterocycles. The van der Waals surface area contributed by atoms with E-state index in [1.165, 1.54) is 83.9 Å². The molecule has 0 saturated heterocycles. The van der Waals surface area contributed by atoms with E-state index in [9.17, 15) is 0 Å². The number of hydrogen-bond donors (Lipinski definition) is 0. The quantitative estimate of drug-likeness (QED) is 0.198. The topological polar surface area (TPSA) is 7.12 Å². The Morgan fingerprint density at radius 3 is 2.45 bits per heavy atom. The van der Waals surface area contributed by atoms with Gasteiger partial charge in [0.1, 0.15) is 11.2 Å². The monoisotopic (exact) mass is 627 g/mol. The van der Waals surface area contributed by atoms with Gasteiger partial charge in [0.2, 0.25) is 5.52 Å². The number of fused-ring (bicyclic) bond motifs is 4. The minimum absolute atomic E-state index is 0.718. The van der Waals surface area contributed by atoms with E-state index in [0.717, 1.165) is 24.9 Å². The van der Waals surface area contributed by atoms with Crippen molar-refractivity contribution in [3.8, 4) is 0 Å². The number of benzene rings is 2. The number of anilines is 1. The van der Waals surface area contributed by atoms with Gasteiger partial charge in [-0.2, -0.15) is 4.57 Å². The van der Waals surface area contributed by atoms with Crippen LogP contribution in [-0.2, 0) is 6.54 Å². The summed E-state index contributed by atoms with van der Waals surface area (Å²) in [6.07, 6.45) is 23.2. The van der Waals surface area contributed by atoms with Crippen LogP contribution in [0.2, 0.25) is 0 Å². The van der Waals surface area contributed by atoms with Gasteiger partial charge in [-0.05, 0) is 129 Å². The SMILES string of the molecule is CCN1/C(=C/C2=CC3=CC4=C/C(=C/c5sc6ccc(SC)cc6[n+]5CC)CCC4CC3CC2)Sc2ccc(SC)cc21. The molecular formula is C36H39N2S4+. The van der Waals surface area contributed by atoms with Gasteiger partial charge in [0.15, 0.2) is 0 Å². The smallest absolute Gasteiger partial charge is 0.263 e. The van der Waals surface area contributed by atoms with Crippen LogP contribution in [0.3, 0.4) is 0 Å². The summed E-state index contributed by atoms with van der Waals surface area (Å²) >= 11 is 7.52. The van der Waals surface area contributed by atoms with Crippen molar-refractivity contribution >= 4 is 68.6 Å². The molecule has 216 valence electrons. The molecule has 0 amide bonds. The van der Waals surface area contributed by atoms with E-state index in [4.69, 9.17) is 0 Å². The third kappa shape index (κ3) is 5.38. The number of allylic oxidation sites excluding steroid dienone is 8. The molecule has 0 N–H and O–H groups in total. The molecule has 1 aromatic heterocycles. The van der Waals surface area contributed by atoms with Gasteiger partial charge in [0.25, 0.3) is 5.01 Å². The predicted molar refractivity (Wildman–Crippen MR) is 187 cm³/mol. The van der Waals surface area contributed by atoms with Crippen LogP contribution in [0.1, 0.15) is 51.0 Å². The molecule has 0 saturated carbocycles. The lowest BCUT2D eigenvalue weighted by Crippen LogP contribution is -2.33. The molecule has 2 heterocycles. The van der Waals surface area contributed by atoms with Crippen LogP contribution >= 0.6 is 46.6 Å². The van der Waals surface area contributed by atoms with Crippen LogP contribution in [0.5, 0.6) is 0 Å². The Balaban J connectivity index is 1.18. The average Bonchev–Trinajstić information content (AvgIpc) is 3.55. The highest BCUT2D eigenvalue weighted by molar-refractivity contribution is 8.03. The summed E-state index contributed by atoms with van der Waals surface area (Å²) in [5.41, 5.74) is 8.82. The lowest BCUT2D eigenvalue weighted by Gasteiger charge is -2.36. The highest BCUT2D eigenvalue weighted by atomic mass is 32.2. The first-order chi connectivity index (χ1) is 20.6. The Bertz CT molecular complexity index is 1700. The Morgan fingerprint density at radius 2 is 1.67 bits per heavy atom. The van der Waals surface area contributed by atoms with Crippen molar-refractivity contribution in [3.05, 3.63) is 93.0 Å². The lowest BCUT2D eigenvalue weighted by molar-refractivity contribution is -0.665. The van der Waals surface area contributed by atoms with Gasteiger partial charge >= 0.3 is 0 Å². The number of nitrogens with zero attached hydrogens (tertiary/aromatic N) is 2. The largest absolute Gasteiger partial charge is 0.335 e. The number of thiazole rings is 1. The van der Waals surface area contributed by atoms with Gasteiger partial charge in [-0.25, -0.2) is 0 Å². The van der Waals surface area contributed by atoms with Crippen molar-refractivity contribution < 1.29 is 4.57 Å². The molecule has 2 nitrogen and oxygen atoms in total. The van der Waals surface area contributed by atoms with Crippen molar-refractivity contribution in [2.45, 2.75) is 67.2 Å². The normalized spacial score (nSPS) is 23.5. The maximum atomic E-state index is 2.56. The molecule has 0 radical (unpaired) electrons. The van der Waals surface area contributed by atoms with Gasteiger partial charge in [0.05, 0.1) is 10.7 Å². The number of aromatic nitrogens is 1. The molecule has 42 heavy (non-hydrogen) atoms. The summed E-state index contributed by atoms with van der Waals surface area (Å²) in [5.74, 6) is 1.44. The molecule has 4 aliphatic rings. The zero-order valence-electron chi connectivity index (χ0n) is 25.0. The molecule has 6 heteroatoms. The highest BCUT2D eigenvalue weighted by Crippen LogP contribution is 2.49. The summed E-state index contributed by atoms with van der Waals surface area (Å²) in [7, 11) is 0. The predicted octanol–water partition coefficient (Wildman–Crippen LogP) is 10.5. The minimum atomic E-state index is 0.718. The molecule has 2 unspecified atom stereocenters. The average molecular weight is 628 g/mol. The third-order valence-corrected chi connectivity index (χ3v) is 12.9. The molecule has 2 aromatic carbocycles. The van der Waals surface area contributed by atoms with Crippen LogP contribution < -0.4 is 9.47 Å². The summed E-state index contributed by atoms with van der Waals surface area (Å²) < 4.78 is 3.88. The fourth-order valence-electron chi connectivity index (χ4n) is 7.01. The third-order valence-electron chi connectivity index (χ3n) is 9.24. The van der Waals surface area contributed by atoms with Crippen molar-refractivity contribution in [3.63, 3.8) is 0 Å². The lowest BCUT2D eigenvalue weighted by atomic mass is 9.69. The molecule has 3 aliphatic carbocycles. The summed E-state index contributed by atoms with van der Waals surface area (Å²) in [4.78, 5) is 6.56. The van der Waals surface area contributed by atoms with Crippen molar-refractivity contribution in [1.82, 2.24) is 0 Å². The Kier molecular flexibility index (Phi) is 8.26. The van der Waals surface area contributed by atoms with E-state index < -0.39 is 0 Å². The minimum Gasteiger partial charge on any atom is -0.335 e. The molecule has 2 atom stereocenters. The van der Waals surface area contributed by atoms with Crippen LogP contribution in [0.4, 0.5) is 5.69 Å². The Hall–Kier alpha value is -2.12. The fraction of sp³-hybridized carbons (Fsp3) is 0.361. The molecule has 0 bridgehead atoms. The van der Waals surface area contributed by atoms with Gasteiger partial charge in [0, 0.05) is 33.4 Å². The molecule has 0 fully saturated rings. The highest BCUT2D eigenvalue weighted by Gasteiger charge is 2.32. The van der Waals surface area contributed by atoms with E-state index in [-0.39, 0.29) is 0 Å². The van der Waals surface area contributed by atoms with Crippen molar-refractivity contribution in [2.75, 3.05) is 24.0 Å². The second kappa shape index (κ2) is 12.1. The molecule has 7 rings (SSSR count). The van der Waals surface area contributed by atoms with E-state index in [1.54, 1.807) is 11.1 Å². The van der Waals surface area contributed by atoms with Crippen molar-refractivity contribution in [2.24, 2.45) is 11.8 Å². The van der Waals surface area contributed by atoms with Crippen LogP contribution in [0, 0.1) is 11.8 Å². The van der Waals surface area contributed by atoms with Crippen LogP contribution in [0.25, 0.3) is 16.3 Å². The fourth-order valence-corrected chi connectivity index (χ4v) is 10.2. The van der Waals surface area contributed by atoms with E-state index in [2.05, 4.69) is 103 Å². The van der Waals surface area contributed by atoms with Gasteiger partial charge in [-0.15, -0.1) is 23.5 Å². The zero-order valence-corrected chi connectivity index (χ0v) is 28.2. The number of thioether (sulfide) groups is 3. The zero-order chi connectivity index (χ0) is 28.8. The second-order valence-corrected chi connectivity index (χ2v) is 15.5. The summed E-state index contributed by atoms with van der Waals surface area (Å²) in [6, 6.07) is 13.8. The summed E-state index contributed by atoms with van der Waals surface area (Å²) in [5, 5.41) is 2.76. The standard InChI is InChI=1S/C36H39N2S4/c1-5-37-31-21-29(39-3)11-13-33(31)41-35(37)17-23-7-9-25-19-26-10-8-24(16-28(26)20-27(25)15-23)18-36-38(6-2)32-22-30(40-4)12-14-34(32)42-36/h11-18,20-22,25-26H,5-10,19H2,1-4H3/q+1. The van der Waals surface area contributed by atoms with E-state index in [0.29, 0.717) is 0 Å². The first kappa shape index (κ1) is 28.6.